The number of aromatic nitrogens is 5. The van der Waals surface area contributed by atoms with E-state index < -0.39 is 6.98 Å². The van der Waals surface area contributed by atoms with Gasteiger partial charge in [-0.15, -0.1) is 0 Å². The van der Waals surface area contributed by atoms with Crippen LogP contribution < -0.4 is 4.57 Å². The average Bonchev–Trinajstić information content (AvgIpc) is 3.34. The van der Waals surface area contributed by atoms with Crippen LogP contribution in [0.1, 0.15) is 9.81 Å². The first-order valence-corrected chi connectivity index (χ1v) is 8.49. The molecule has 0 saturated carbocycles. The molecule has 1 aliphatic rings. The Morgan fingerprint density at radius 2 is 1.85 bits per heavy atom. The summed E-state index contributed by atoms with van der Waals surface area (Å²) in [5.41, 5.74) is 4.89. The molecule has 0 N–H and O–H groups in total. The first-order valence-electron chi connectivity index (χ1n) is 9.99. The zero-order valence-electron chi connectivity index (χ0n) is 16.8. The van der Waals surface area contributed by atoms with Crippen LogP contribution in [0.15, 0.2) is 67.0 Å². The minimum atomic E-state index is -2.35. The molecule has 0 amide bonds. The van der Waals surface area contributed by atoms with Crippen molar-refractivity contribution in [3.63, 3.8) is 0 Å². The lowest BCUT2D eigenvalue weighted by Gasteiger charge is -2.02. The second-order valence-electron chi connectivity index (χ2n) is 6.46. The lowest BCUT2D eigenvalue weighted by molar-refractivity contribution is -0.648. The summed E-state index contributed by atoms with van der Waals surface area (Å²) >= 11 is 0. The Morgan fingerprint density at radius 1 is 1.00 bits per heavy atom. The minimum absolute atomic E-state index is 0.522. The molecule has 5 heterocycles. The van der Waals surface area contributed by atoms with E-state index in [1.807, 2.05) is 63.7 Å². The number of aryl methyl sites for hydroxylation is 1. The number of hydrogen-bond donors (Lipinski definition) is 0. The van der Waals surface area contributed by atoms with E-state index in [1.165, 1.54) is 4.57 Å². The predicted molar refractivity (Wildman–Crippen MR) is 100 cm³/mol. The maximum atomic E-state index is 8.30. The SMILES string of the molecule is [2H]C([2H])([2H])n1c2[n+](c3c1c1cccnc1n3-c1ccccc1)Cc1ncccc1-2. The molecule has 0 atom stereocenters. The highest BCUT2D eigenvalue weighted by molar-refractivity contribution is 6.04. The molecule has 1 aromatic carbocycles. The smallest absolute Gasteiger partial charge is 0.257 e. The quantitative estimate of drug-likeness (QED) is 0.431. The molecule has 0 aliphatic carbocycles. The number of hydrogen-bond acceptors (Lipinski definition) is 2. The highest BCUT2D eigenvalue weighted by atomic mass is 15.3. The van der Waals surface area contributed by atoms with Crippen molar-refractivity contribution in [1.82, 2.24) is 19.1 Å². The second kappa shape index (κ2) is 4.79. The van der Waals surface area contributed by atoms with Crippen LogP contribution in [0.25, 0.3) is 39.3 Å². The lowest BCUT2D eigenvalue weighted by atomic mass is 10.2. The molecule has 6 rings (SSSR count). The van der Waals surface area contributed by atoms with Gasteiger partial charge in [0.15, 0.2) is 5.52 Å². The number of para-hydroxylation sites is 1. The van der Waals surface area contributed by atoms with Crippen LogP contribution in [-0.2, 0) is 13.5 Å². The van der Waals surface area contributed by atoms with Gasteiger partial charge in [0, 0.05) is 12.4 Å². The average molecular weight is 341 g/mol. The van der Waals surface area contributed by atoms with E-state index in [0.717, 1.165) is 33.6 Å². The minimum Gasteiger partial charge on any atom is -0.257 e. The van der Waals surface area contributed by atoms with Crippen molar-refractivity contribution in [3.05, 3.63) is 72.7 Å². The summed E-state index contributed by atoms with van der Waals surface area (Å²) in [7, 11) is 0. The number of imidazole rings is 1. The third-order valence-electron chi connectivity index (χ3n) is 5.08. The Labute approximate surface area is 154 Å². The van der Waals surface area contributed by atoms with E-state index in [-0.39, 0.29) is 0 Å². The Hall–Kier alpha value is -3.47. The number of pyridine rings is 2. The van der Waals surface area contributed by atoms with Crippen molar-refractivity contribution in [2.45, 2.75) is 6.54 Å². The van der Waals surface area contributed by atoms with Crippen LogP contribution in [0.2, 0.25) is 0 Å². The van der Waals surface area contributed by atoms with Gasteiger partial charge in [-0.1, -0.05) is 18.2 Å². The molecule has 0 unspecified atom stereocenters. The molecular formula is C21H16N5+. The van der Waals surface area contributed by atoms with E-state index in [0.29, 0.717) is 17.9 Å². The first-order chi connectivity index (χ1) is 14.1. The molecule has 5 nitrogen and oxygen atoms in total. The molecule has 5 heteroatoms. The predicted octanol–water partition coefficient (Wildman–Crippen LogP) is 3.23. The maximum absolute atomic E-state index is 8.30. The zero-order valence-corrected chi connectivity index (χ0v) is 13.8. The van der Waals surface area contributed by atoms with Gasteiger partial charge in [-0.2, -0.15) is 0 Å². The Bertz CT molecular complexity index is 1410. The first kappa shape index (κ1) is 11.2. The van der Waals surface area contributed by atoms with Gasteiger partial charge in [0.1, 0.15) is 12.2 Å². The van der Waals surface area contributed by atoms with Crippen molar-refractivity contribution >= 4 is 22.2 Å². The van der Waals surface area contributed by atoms with E-state index in [9.17, 15) is 0 Å². The van der Waals surface area contributed by atoms with Gasteiger partial charge in [0.2, 0.25) is 11.5 Å². The van der Waals surface area contributed by atoms with Crippen LogP contribution in [0.4, 0.5) is 0 Å². The molecule has 26 heavy (non-hydrogen) atoms. The standard InChI is InChI=1S/C21H16N5/c1-24-18-16-10-6-12-23-19(16)26(14-7-3-2-4-8-14)21(18)25-13-17-15(20(24)25)9-5-11-22-17/h2-12H,13H2,1H3/q+1/i1D3. The number of nitrogens with zero attached hydrogens (tertiary/aromatic N) is 5. The molecule has 1 aliphatic heterocycles. The fourth-order valence-corrected chi connectivity index (χ4v) is 4.04. The highest BCUT2D eigenvalue weighted by Crippen LogP contribution is 2.35. The molecule has 0 radical (unpaired) electrons. The monoisotopic (exact) mass is 341 g/mol. The Balaban J connectivity index is 1.87. The van der Waals surface area contributed by atoms with Crippen molar-refractivity contribution < 1.29 is 8.68 Å². The summed E-state index contributed by atoms with van der Waals surface area (Å²) in [6, 6.07) is 17.5. The molecule has 4 aromatic heterocycles. The van der Waals surface area contributed by atoms with Gasteiger partial charge in [0.25, 0.3) is 5.65 Å². The number of benzene rings is 1. The van der Waals surface area contributed by atoms with Gasteiger partial charge in [-0.05, 0) is 36.4 Å². The van der Waals surface area contributed by atoms with Crippen LogP contribution in [0.3, 0.4) is 0 Å². The van der Waals surface area contributed by atoms with Crippen LogP contribution >= 0.6 is 0 Å². The summed E-state index contributed by atoms with van der Waals surface area (Å²) < 4.78 is 30.5. The largest absolute Gasteiger partial charge is 0.276 e. The van der Waals surface area contributed by atoms with Gasteiger partial charge < -0.3 is 0 Å². The molecule has 0 bridgehead atoms. The number of fused-ring (bicyclic) bond motifs is 7. The molecule has 0 fully saturated rings. The fraction of sp³-hybridized carbons (Fsp3) is 0.0952. The second-order valence-corrected chi connectivity index (χ2v) is 6.46. The van der Waals surface area contributed by atoms with E-state index in [4.69, 9.17) is 4.11 Å². The summed E-state index contributed by atoms with van der Waals surface area (Å²) in [6.07, 6.45) is 3.48. The van der Waals surface area contributed by atoms with Crippen molar-refractivity contribution in [3.8, 4) is 17.1 Å². The molecule has 5 aromatic rings. The maximum Gasteiger partial charge on any atom is 0.276 e. The van der Waals surface area contributed by atoms with Crippen molar-refractivity contribution in [2.75, 3.05) is 0 Å². The molecule has 124 valence electrons. The molecule has 0 spiro atoms. The van der Waals surface area contributed by atoms with Crippen molar-refractivity contribution in [2.24, 2.45) is 6.98 Å². The summed E-state index contributed by atoms with van der Waals surface area (Å²) in [5.74, 6) is 0.661. The van der Waals surface area contributed by atoms with Gasteiger partial charge in [-0.3, -0.25) is 9.55 Å². The van der Waals surface area contributed by atoms with Gasteiger partial charge in [-0.25, -0.2) is 14.1 Å². The number of rotatable bonds is 1. The van der Waals surface area contributed by atoms with Crippen LogP contribution in [0, 0.1) is 0 Å². The van der Waals surface area contributed by atoms with E-state index >= 15 is 0 Å². The Morgan fingerprint density at radius 3 is 2.73 bits per heavy atom. The normalized spacial score (nSPS) is 14.8. The Kier molecular flexibility index (Phi) is 2.06. The van der Waals surface area contributed by atoms with Crippen LogP contribution in [-0.4, -0.2) is 19.1 Å². The fourth-order valence-electron chi connectivity index (χ4n) is 4.04. The molecule has 0 saturated heterocycles. The summed E-state index contributed by atoms with van der Waals surface area (Å²) in [4.78, 5) is 9.09. The summed E-state index contributed by atoms with van der Waals surface area (Å²) in [5, 5.41) is 0.815. The van der Waals surface area contributed by atoms with E-state index in [2.05, 4.69) is 9.97 Å². The topological polar surface area (TPSA) is 39.5 Å². The zero-order chi connectivity index (χ0) is 19.8. The van der Waals surface area contributed by atoms with Crippen LogP contribution in [0.5, 0.6) is 0 Å². The van der Waals surface area contributed by atoms with Gasteiger partial charge >= 0.3 is 0 Å². The molecular weight excluding hydrogens is 322 g/mol. The third kappa shape index (κ3) is 1.57. The van der Waals surface area contributed by atoms with Crippen molar-refractivity contribution in [1.29, 1.82) is 0 Å². The third-order valence-corrected chi connectivity index (χ3v) is 5.08. The van der Waals surface area contributed by atoms with E-state index in [1.54, 1.807) is 12.4 Å². The highest BCUT2D eigenvalue weighted by Gasteiger charge is 2.36. The summed E-state index contributed by atoms with van der Waals surface area (Å²) in [6.45, 7) is -1.82. The van der Waals surface area contributed by atoms with Gasteiger partial charge in [0.05, 0.1) is 27.7 Å². The lowest BCUT2D eigenvalue weighted by Crippen LogP contribution is -2.33.